The number of nitrogens with zero attached hydrogens (tertiary/aromatic N) is 1. The van der Waals surface area contributed by atoms with E-state index in [1.807, 2.05) is 0 Å². The average Bonchev–Trinajstić information content (AvgIpc) is 2.56. The van der Waals surface area contributed by atoms with Gasteiger partial charge in [-0.1, -0.05) is 22.6 Å². The maximum atomic E-state index is 13.8. The quantitative estimate of drug-likeness (QED) is 0.549. The van der Waals surface area contributed by atoms with Crippen LogP contribution in [-0.4, -0.2) is 37.2 Å². The van der Waals surface area contributed by atoms with Gasteiger partial charge in [-0.15, -0.1) is 0 Å². The molecule has 106 valence electrons. The molecule has 1 fully saturated rings. The standard InChI is InChI=1S/C9H8F3IN2O4/c10-3-2-15(8(18)14-6(3)17)7-9(11,12)5(16)4(1-13)19-7/h2,4-5,7,16H,1H2,(H,14,17,18)/t4-,5-,7-/m1/s1. The van der Waals surface area contributed by atoms with Crippen molar-refractivity contribution in [3.63, 3.8) is 0 Å². The minimum absolute atomic E-state index is 0.0611. The molecule has 1 aromatic heterocycles. The molecule has 1 saturated heterocycles. The van der Waals surface area contributed by atoms with Gasteiger partial charge in [-0.05, 0) is 0 Å². The Morgan fingerprint density at radius 3 is 2.68 bits per heavy atom. The summed E-state index contributed by atoms with van der Waals surface area (Å²) in [5.74, 6) is -5.17. The number of aromatic amines is 1. The summed E-state index contributed by atoms with van der Waals surface area (Å²) in [4.78, 5) is 23.8. The van der Waals surface area contributed by atoms with Crippen LogP contribution in [0.4, 0.5) is 13.2 Å². The van der Waals surface area contributed by atoms with Crippen molar-refractivity contribution in [3.05, 3.63) is 32.9 Å². The highest BCUT2D eigenvalue weighted by Gasteiger charge is 2.59. The molecular weight excluding hydrogens is 384 g/mol. The van der Waals surface area contributed by atoms with Crippen molar-refractivity contribution in [1.29, 1.82) is 0 Å². The van der Waals surface area contributed by atoms with Crippen LogP contribution in [0.2, 0.25) is 0 Å². The Kier molecular flexibility index (Phi) is 3.75. The molecule has 0 amide bonds. The SMILES string of the molecule is O=c1[nH]c(=O)n([C@@H]2O[C@H](CI)[C@@H](O)C2(F)F)cc1F. The molecule has 19 heavy (non-hydrogen) atoms. The lowest BCUT2D eigenvalue weighted by molar-refractivity contribution is -0.141. The summed E-state index contributed by atoms with van der Waals surface area (Å²) in [7, 11) is 0. The zero-order valence-electron chi connectivity index (χ0n) is 9.15. The molecule has 1 aliphatic heterocycles. The highest BCUT2D eigenvalue weighted by Crippen LogP contribution is 2.42. The largest absolute Gasteiger partial charge is 0.384 e. The lowest BCUT2D eigenvalue weighted by Crippen LogP contribution is -2.43. The van der Waals surface area contributed by atoms with Gasteiger partial charge in [-0.2, -0.15) is 13.2 Å². The molecule has 1 aliphatic rings. The fourth-order valence-electron chi connectivity index (χ4n) is 1.73. The first-order chi connectivity index (χ1) is 8.78. The maximum Gasteiger partial charge on any atom is 0.330 e. The van der Waals surface area contributed by atoms with Gasteiger partial charge in [0.15, 0.2) is 0 Å². The van der Waals surface area contributed by atoms with Crippen LogP contribution in [0.25, 0.3) is 0 Å². The normalized spacial score (nSPS) is 29.6. The first-order valence-corrected chi connectivity index (χ1v) is 6.60. The molecule has 3 atom stereocenters. The van der Waals surface area contributed by atoms with E-state index in [2.05, 4.69) is 0 Å². The summed E-state index contributed by atoms with van der Waals surface area (Å²) in [5.41, 5.74) is -2.55. The lowest BCUT2D eigenvalue weighted by Gasteiger charge is -2.20. The molecule has 0 radical (unpaired) electrons. The zero-order valence-corrected chi connectivity index (χ0v) is 11.3. The third-order valence-electron chi connectivity index (χ3n) is 2.71. The third kappa shape index (κ3) is 2.31. The number of nitrogens with one attached hydrogen (secondary N) is 1. The van der Waals surface area contributed by atoms with Crippen molar-refractivity contribution in [2.24, 2.45) is 0 Å². The van der Waals surface area contributed by atoms with Crippen molar-refractivity contribution in [1.82, 2.24) is 9.55 Å². The number of aromatic nitrogens is 2. The molecule has 0 unspecified atom stereocenters. The lowest BCUT2D eigenvalue weighted by atomic mass is 10.1. The zero-order chi connectivity index (χ0) is 14.4. The fourth-order valence-corrected chi connectivity index (χ4v) is 2.42. The molecule has 6 nitrogen and oxygen atoms in total. The van der Waals surface area contributed by atoms with Gasteiger partial charge in [0.05, 0.1) is 6.20 Å². The van der Waals surface area contributed by atoms with Gasteiger partial charge in [0, 0.05) is 4.43 Å². The highest BCUT2D eigenvalue weighted by atomic mass is 127. The molecule has 0 aromatic carbocycles. The third-order valence-corrected chi connectivity index (χ3v) is 3.58. The van der Waals surface area contributed by atoms with Crippen LogP contribution in [0.15, 0.2) is 15.8 Å². The molecule has 0 aliphatic carbocycles. The molecule has 2 rings (SSSR count). The van der Waals surface area contributed by atoms with Gasteiger partial charge in [0.1, 0.15) is 12.2 Å². The fraction of sp³-hybridized carbons (Fsp3) is 0.556. The van der Waals surface area contributed by atoms with E-state index in [-0.39, 0.29) is 8.99 Å². The van der Waals surface area contributed by atoms with Gasteiger partial charge in [0.25, 0.3) is 5.56 Å². The van der Waals surface area contributed by atoms with E-state index in [9.17, 15) is 27.9 Å². The Balaban J connectivity index is 2.51. The van der Waals surface area contributed by atoms with Crippen molar-refractivity contribution >= 4 is 22.6 Å². The van der Waals surface area contributed by atoms with Crippen molar-refractivity contribution < 1.29 is 23.0 Å². The predicted molar refractivity (Wildman–Crippen MR) is 65.0 cm³/mol. The van der Waals surface area contributed by atoms with Crippen LogP contribution >= 0.6 is 22.6 Å². The van der Waals surface area contributed by atoms with Crippen LogP contribution in [0.5, 0.6) is 0 Å². The molecule has 2 N–H and O–H groups in total. The number of H-pyrrole nitrogens is 1. The Morgan fingerprint density at radius 1 is 1.53 bits per heavy atom. The second-order valence-corrected chi connectivity index (χ2v) is 4.82. The Bertz CT molecular complexity index is 602. The van der Waals surface area contributed by atoms with Crippen LogP contribution in [0, 0.1) is 5.82 Å². The van der Waals surface area contributed by atoms with Crippen LogP contribution in [-0.2, 0) is 4.74 Å². The smallest absolute Gasteiger partial charge is 0.330 e. The molecule has 1 aromatic rings. The average molecular weight is 392 g/mol. The van der Waals surface area contributed by atoms with Gasteiger partial charge in [0.2, 0.25) is 12.0 Å². The van der Waals surface area contributed by atoms with Crippen molar-refractivity contribution in [3.8, 4) is 0 Å². The van der Waals surface area contributed by atoms with E-state index in [1.165, 1.54) is 0 Å². The summed E-state index contributed by atoms with van der Waals surface area (Å²) in [6.07, 6.45) is -5.14. The molecule has 0 spiro atoms. The molecule has 0 bridgehead atoms. The summed E-state index contributed by atoms with van der Waals surface area (Å²) in [5, 5.41) is 9.40. The summed E-state index contributed by atoms with van der Waals surface area (Å²) < 4.78 is 45.8. The Hall–Kier alpha value is -0.880. The van der Waals surface area contributed by atoms with Crippen LogP contribution in [0.3, 0.4) is 0 Å². The van der Waals surface area contributed by atoms with Crippen molar-refractivity contribution in [2.45, 2.75) is 24.4 Å². The van der Waals surface area contributed by atoms with Gasteiger partial charge >= 0.3 is 11.6 Å². The minimum Gasteiger partial charge on any atom is -0.384 e. The second-order valence-electron chi connectivity index (χ2n) is 3.94. The first kappa shape index (κ1) is 14.5. The number of alkyl halides is 3. The van der Waals surface area contributed by atoms with Gasteiger partial charge in [-0.3, -0.25) is 14.3 Å². The molecule has 0 saturated carbocycles. The second kappa shape index (κ2) is 4.90. The van der Waals surface area contributed by atoms with E-state index in [0.29, 0.717) is 6.20 Å². The highest BCUT2D eigenvalue weighted by molar-refractivity contribution is 14.1. The summed E-state index contributed by atoms with van der Waals surface area (Å²) in [6.45, 7) is 0. The van der Waals surface area contributed by atoms with E-state index < -0.39 is 41.4 Å². The summed E-state index contributed by atoms with van der Waals surface area (Å²) >= 11 is 1.73. The summed E-state index contributed by atoms with van der Waals surface area (Å²) in [6, 6.07) is 0. The number of ether oxygens (including phenoxy) is 1. The van der Waals surface area contributed by atoms with Crippen molar-refractivity contribution in [2.75, 3.05) is 4.43 Å². The van der Waals surface area contributed by atoms with Gasteiger partial charge < -0.3 is 9.84 Å². The van der Waals surface area contributed by atoms with E-state index >= 15 is 0 Å². The van der Waals surface area contributed by atoms with Gasteiger partial charge in [-0.25, -0.2) is 4.79 Å². The molecular formula is C9H8F3IN2O4. The number of hydrogen-bond acceptors (Lipinski definition) is 4. The molecule has 10 heteroatoms. The number of hydrogen-bond donors (Lipinski definition) is 2. The van der Waals surface area contributed by atoms with Crippen LogP contribution in [0.1, 0.15) is 6.23 Å². The number of halogens is 4. The Labute approximate surface area is 117 Å². The minimum atomic E-state index is -3.77. The number of aliphatic hydroxyl groups is 1. The maximum absolute atomic E-state index is 13.8. The van der Waals surface area contributed by atoms with E-state index in [4.69, 9.17) is 4.74 Å². The topological polar surface area (TPSA) is 84.3 Å². The first-order valence-electron chi connectivity index (χ1n) is 5.07. The number of aliphatic hydroxyl groups excluding tert-OH is 1. The number of rotatable bonds is 2. The monoisotopic (exact) mass is 392 g/mol. The Morgan fingerprint density at radius 2 is 2.16 bits per heavy atom. The molecule has 2 heterocycles. The van der Waals surface area contributed by atoms with Crippen LogP contribution < -0.4 is 11.2 Å². The predicted octanol–water partition coefficient (Wildman–Crippen LogP) is 0.00430. The van der Waals surface area contributed by atoms with E-state index in [1.54, 1.807) is 27.6 Å². The van der Waals surface area contributed by atoms with E-state index in [0.717, 1.165) is 0 Å².